The zero-order valence-corrected chi connectivity index (χ0v) is 9.74. The molecule has 2 rings (SSSR count). The lowest BCUT2D eigenvalue weighted by Gasteiger charge is -2.05. The van der Waals surface area contributed by atoms with Gasteiger partial charge in [-0.25, -0.2) is 8.78 Å². The summed E-state index contributed by atoms with van der Waals surface area (Å²) in [5.74, 6) is -1.40. The average molecular weight is 252 g/mol. The summed E-state index contributed by atoms with van der Waals surface area (Å²) in [5, 5.41) is 2.73. The van der Waals surface area contributed by atoms with Crippen LogP contribution in [0.5, 0.6) is 6.01 Å². The molecule has 1 aromatic heterocycles. The second-order valence-electron chi connectivity index (χ2n) is 3.35. The molecule has 0 saturated heterocycles. The second kappa shape index (κ2) is 4.91. The van der Waals surface area contributed by atoms with Crippen LogP contribution in [0.1, 0.15) is 0 Å². The molecule has 0 radical (unpaired) electrons. The van der Waals surface area contributed by atoms with Gasteiger partial charge >= 0.3 is 6.01 Å². The molecule has 0 amide bonds. The third-order valence-corrected chi connectivity index (χ3v) is 2.20. The van der Waals surface area contributed by atoms with Gasteiger partial charge in [-0.1, -0.05) is 0 Å². The number of anilines is 1. The number of nitrogens with one attached hydrogen (secondary N) is 1. The number of nitrogens with zero attached hydrogens (tertiary/aromatic N) is 3. The van der Waals surface area contributed by atoms with Crippen molar-refractivity contribution < 1.29 is 13.5 Å². The Morgan fingerprint density at radius 2 is 1.89 bits per heavy atom. The van der Waals surface area contributed by atoms with E-state index in [4.69, 9.17) is 4.74 Å². The standard InChI is InChI=1S/C11H10F2N4O/c1-14-10-15-9(16-11(17-10)18-2)6-3-4-7(12)8(13)5-6/h3-5H,1-2H3,(H,14,15,16,17). The Bertz CT molecular complexity index is 555. The summed E-state index contributed by atoms with van der Waals surface area (Å²) in [6.45, 7) is 0. The molecule has 0 aliphatic carbocycles. The molecule has 1 aromatic carbocycles. The van der Waals surface area contributed by atoms with Crippen molar-refractivity contribution in [3.05, 3.63) is 29.8 Å². The highest BCUT2D eigenvalue weighted by Gasteiger charge is 2.10. The first-order valence-corrected chi connectivity index (χ1v) is 5.07. The minimum atomic E-state index is -0.960. The van der Waals surface area contributed by atoms with Crippen molar-refractivity contribution in [1.82, 2.24) is 15.0 Å². The molecule has 94 valence electrons. The Balaban J connectivity index is 2.51. The quantitative estimate of drug-likeness (QED) is 0.903. The maximum Gasteiger partial charge on any atom is 0.321 e. The number of halogens is 2. The number of benzene rings is 1. The van der Waals surface area contributed by atoms with Crippen LogP contribution in [0.25, 0.3) is 11.4 Å². The third kappa shape index (κ3) is 2.34. The van der Waals surface area contributed by atoms with E-state index in [2.05, 4.69) is 20.3 Å². The van der Waals surface area contributed by atoms with Gasteiger partial charge in [0, 0.05) is 12.6 Å². The molecule has 0 aliphatic rings. The number of aromatic nitrogens is 3. The fourth-order valence-electron chi connectivity index (χ4n) is 1.32. The van der Waals surface area contributed by atoms with Gasteiger partial charge in [-0.15, -0.1) is 0 Å². The summed E-state index contributed by atoms with van der Waals surface area (Å²) in [4.78, 5) is 11.9. The van der Waals surface area contributed by atoms with Gasteiger partial charge in [0.2, 0.25) is 5.95 Å². The number of ether oxygens (including phenoxy) is 1. The highest BCUT2D eigenvalue weighted by molar-refractivity contribution is 5.56. The Morgan fingerprint density at radius 1 is 1.11 bits per heavy atom. The number of hydrogen-bond acceptors (Lipinski definition) is 5. The fourth-order valence-corrected chi connectivity index (χ4v) is 1.32. The van der Waals surface area contributed by atoms with E-state index in [0.29, 0.717) is 5.56 Å². The van der Waals surface area contributed by atoms with Gasteiger partial charge in [-0.2, -0.15) is 15.0 Å². The average Bonchev–Trinajstić information content (AvgIpc) is 2.41. The Kier molecular flexibility index (Phi) is 3.31. The van der Waals surface area contributed by atoms with E-state index in [0.717, 1.165) is 12.1 Å². The van der Waals surface area contributed by atoms with E-state index < -0.39 is 11.6 Å². The van der Waals surface area contributed by atoms with Crippen molar-refractivity contribution in [2.45, 2.75) is 0 Å². The van der Waals surface area contributed by atoms with Crippen LogP contribution in [0, 0.1) is 11.6 Å². The molecule has 0 bridgehead atoms. The van der Waals surface area contributed by atoms with Crippen LogP contribution in [0.15, 0.2) is 18.2 Å². The smallest absolute Gasteiger partial charge is 0.321 e. The van der Waals surface area contributed by atoms with Gasteiger partial charge in [-0.05, 0) is 18.2 Å². The molecular weight excluding hydrogens is 242 g/mol. The van der Waals surface area contributed by atoms with E-state index in [1.54, 1.807) is 7.05 Å². The topological polar surface area (TPSA) is 59.9 Å². The summed E-state index contributed by atoms with van der Waals surface area (Å²) < 4.78 is 30.9. The lowest BCUT2D eigenvalue weighted by atomic mass is 10.2. The van der Waals surface area contributed by atoms with Crippen LogP contribution in [0.3, 0.4) is 0 Å². The zero-order valence-electron chi connectivity index (χ0n) is 9.74. The normalized spacial score (nSPS) is 10.2. The van der Waals surface area contributed by atoms with Crippen LogP contribution in [0.4, 0.5) is 14.7 Å². The fraction of sp³-hybridized carbons (Fsp3) is 0.182. The third-order valence-electron chi connectivity index (χ3n) is 2.20. The highest BCUT2D eigenvalue weighted by atomic mass is 19.2. The van der Waals surface area contributed by atoms with Crippen LogP contribution in [-0.4, -0.2) is 29.1 Å². The zero-order chi connectivity index (χ0) is 13.1. The summed E-state index contributed by atoms with van der Waals surface area (Å²) >= 11 is 0. The molecule has 0 atom stereocenters. The summed E-state index contributed by atoms with van der Waals surface area (Å²) in [5.41, 5.74) is 0.339. The minimum absolute atomic E-state index is 0.0917. The molecule has 7 heteroatoms. The minimum Gasteiger partial charge on any atom is -0.467 e. The Morgan fingerprint density at radius 3 is 2.50 bits per heavy atom. The molecule has 2 aromatic rings. The van der Waals surface area contributed by atoms with Gasteiger partial charge in [0.15, 0.2) is 17.5 Å². The van der Waals surface area contributed by atoms with Crippen LogP contribution < -0.4 is 10.1 Å². The monoisotopic (exact) mass is 252 g/mol. The molecule has 1 N–H and O–H groups in total. The first-order valence-electron chi connectivity index (χ1n) is 5.07. The number of methoxy groups -OCH3 is 1. The van der Waals surface area contributed by atoms with Crippen molar-refractivity contribution in [3.63, 3.8) is 0 Å². The number of rotatable bonds is 3. The first kappa shape index (κ1) is 12.2. The largest absolute Gasteiger partial charge is 0.467 e. The predicted molar refractivity (Wildman–Crippen MR) is 61.3 cm³/mol. The number of hydrogen-bond donors (Lipinski definition) is 1. The maximum absolute atomic E-state index is 13.1. The molecule has 0 saturated carbocycles. The molecule has 0 aliphatic heterocycles. The molecule has 0 spiro atoms. The molecule has 0 unspecified atom stereocenters. The SMILES string of the molecule is CNc1nc(OC)nc(-c2ccc(F)c(F)c2)n1. The van der Waals surface area contributed by atoms with Crippen molar-refractivity contribution in [2.75, 3.05) is 19.5 Å². The van der Waals surface area contributed by atoms with Gasteiger partial charge < -0.3 is 10.1 Å². The molecule has 1 heterocycles. The van der Waals surface area contributed by atoms with Crippen molar-refractivity contribution >= 4 is 5.95 Å². The molecular formula is C11H10F2N4O. The van der Waals surface area contributed by atoms with E-state index in [-0.39, 0.29) is 17.8 Å². The lowest BCUT2D eigenvalue weighted by Crippen LogP contribution is -2.03. The summed E-state index contributed by atoms with van der Waals surface area (Å²) in [7, 11) is 3.04. The van der Waals surface area contributed by atoms with Gasteiger partial charge in [0.1, 0.15) is 0 Å². The molecule has 18 heavy (non-hydrogen) atoms. The van der Waals surface area contributed by atoms with Crippen LogP contribution >= 0.6 is 0 Å². The van der Waals surface area contributed by atoms with Crippen molar-refractivity contribution in [2.24, 2.45) is 0 Å². The van der Waals surface area contributed by atoms with Gasteiger partial charge in [-0.3, -0.25) is 0 Å². The Labute approximate surface area is 102 Å². The van der Waals surface area contributed by atoms with E-state index in [9.17, 15) is 8.78 Å². The van der Waals surface area contributed by atoms with E-state index in [1.165, 1.54) is 13.2 Å². The summed E-state index contributed by atoms with van der Waals surface area (Å²) in [6.07, 6.45) is 0. The Hall–Kier alpha value is -2.31. The predicted octanol–water partition coefficient (Wildman–Crippen LogP) is 1.87. The maximum atomic E-state index is 13.1. The van der Waals surface area contributed by atoms with Crippen molar-refractivity contribution in [1.29, 1.82) is 0 Å². The summed E-state index contributed by atoms with van der Waals surface area (Å²) in [6, 6.07) is 3.50. The lowest BCUT2D eigenvalue weighted by molar-refractivity contribution is 0.379. The first-order chi connectivity index (χ1) is 8.63. The van der Waals surface area contributed by atoms with Gasteiger partial charge in [0.25, 0.3) is 0 Å². The molecule has 5 nitrogen and oxygen atoms in total. The molecule has 0 fully saturated rings. The van der Waals surface area contributed by atoms with Crippen LogP contribution in [-0.2, 0) is 0 Å². The van der Waals surface area contributed by atoms with Crippen LogP contribution in [0.2, 0.25) is 0 Å². The van der Waals surface area contributed by atoms with Gasteiger partial charge in [0.05, 0.1) is 7.11 Å². The van der Waals surface area contributed by atoms with Crippen molar-refractivity contribution in [3.8, 4) is 17.4 Å². The highest BCUT2D eigenvalue weighted by Crippen LogP contribution is 2.20. The second-order valence-corrected chi connectivity index (χ2v) is 3.35. The van der Waals surface area contributed by atoms with E-state index in [1.807, 2.05) is 0 Å². The van der Waals surface area contributed by atoms with E-state index >= 15 is 0 Å².